The van der Waals surface area contributed by atoms with Crippen LogP contribution in [-0.4, -0.2) is 18.1 Å². The van der Waals surface area contributed by atoms with Crippen molar-refractivity contribution >= 4 is 17.3 Å². The van der Waals surface area contributed by atoms with Crippen molar-refractivity contribution in [2.24, 2.45) is 0 Å². The lowest BCUT2D eigenvalue weighted by atomic mass is 10.0. The van der Waals surface area contributed by atoms with Crippen molar-refractivity contribution in [3.8, 4) is 5.75 Å². The first kappa shape index (κ1) is 18.3. The lowest BCUT2D eigenvalue weighted by Gasteiger charge is -2.15. The molecule has 0 unspecified atom stereocenters. The SMILES string of the molecule is CCCCCCCCc1ccc(NC(=O)CC)c(NC)c1O. The van der Waals surface area contributed by atoms with Crippen molar-refractivity contribution in [3.05, 3.63) is 17.7 Å². The zero-order valence-electron chi connectivity index (χ0n) is 14.2. The van der Waals surface area contributed by atoms with Crippen LogP contribution in [0.4, 0.5) is 11.4 Å². The van der Waals surface area contributed by atoms with E-state index in [-0.39, 0.29) is 11.7 Å². The van der Waals surface area contributed by atoms with Gasteiger partial charge < -0.3 is 15.7 Å². The molecule has 0 aliphatic rings. The highest BCUT2D eigenvalue weighted by molar-refractivity contribution is 5.95. The van der Waals surface area contributed by atoms with E-state index in [2.05, 4.69) is 17.6 Å². The monoisotopic (exact) mass is 306 g/mol. The van der Waals surface area contributed by atoms with Gasteiger partial charge in [-0.05, 0) is 24.5 Å². The van der Waals surface area contributed by atoms with E-state index in [9.17, 15) is 9.90 Å². The van der Waals surface area contributed by atoms with Crippen LogP contribution in [0.3, 0.4) is 0 Å². The number of hydrogen-bond donors (Lipinski definition) is 3. The molecule has 4 nitrogen and oxygen atoms in total. The second kappa shape index (κ2) is 10.1. The third-order valence-corrected chi connectivity index (χ3v) is 3.91. The normalized spacial score (nSPS) is 10.5. The summed E-state index contributed by atoms with van der Waals surface area (Å²) >= 11 is 0. The summed E-state index contributed by atoms with van der Waals surface area (Å²) in [5.41, 5.74) is 2.18. The van der Waals surface area contributed by atoms with Crippen molar-refractivity contribution in [1.29, 1.82) is 0 Å². The highest BCUT2D eigenvalue weighted by Crippen LogP contribution is 2.35. The molecule has 1 amide bonds. The zero-order chi connectivity index (χ0) is 16.4. The molecule has 22 heavy (non-hydrogen) atoms. The summed E-state index contributed by atoms with van der Waals surface area (Å²) in [6.45, 7) is 4.03. The number of nitrogens with one attached hydrogen (secondary N) is 2. The topological polar surface area (TPSA) is 61.4 Å². The van der Waals surface area contributed by atoms with Crippen LogP contribution < -0.4 is 10.6 Å². The molecule has 1 rings (SSSR count). The van der Waals surface area contributed by atoms with Crippen molar-refractivity contribution in [2.45, 2.75) is 65.2 Å². The number of rotatable bonds is 10. The summed E-state index contributed by atoms with van der Waals surface area (Å²) in [5, 5.41) is 16.2. The number of amides is 1. The van der Waals surface area contributed by atoms with Crippen LogP contribution in [0, 0.1) is 0 Å². The second-order valence-electron chi connectivity index (χ2n) is 5.67. The van der Waals surface area contributed by atoms with Gasteiger partial charge in [0.05, 0.1) is 5.69 Å². The first-order valence-electron chi connectivity index (χ1n) is 8.46. The van der Waals surface area contributed by atoms with Crippen LogP contribution in [0.5, 0.6) is 5.75 Å². The van der Waals surface area contributed by atoms with Gasteiger partial charge >= 0.3 is 0 Å². The average molecular weight is 306 g/mol. The molecular weight excluding hydrogens is 276 g/mol. The number of aromatic hydroxyl groups is 1. The van der Waals surface area contributed by atoms with Crippen LogP contribution in [0.2, 0.25) is 0 Å². The largest absolute Gasteiger partial charge is 0.505 e. The van der Waals surface area contributed by atoms with Gasteiger partial charge in [0.25, 0.3) is 0 Å². The summed E-state index contributed by atoms with van der Waals surface area (Å²) in [7, 11) is 1.76. The van der Waals surface area contributed by atoms with Crippen LogP contribution >= 0.6 is 0 Å². The molecule has 0 fully saturated rings. The number of unbranched alkanes of at least 4 members (excludes halogenated alkanes) is 5. The Bertz CT molecular complexity index is 472. The molecule has 0 radical (unpaired) electrons. The van der Waals surface area contributed by atoms with Gasteiger partial charge in [0, 0.05) is 13.5 Å². The number of aryl methyl sites for hydroxylation is 1. The second-order valence-corrected chi connectivity index (χ2v) is 5.67. The first-order valence-corrected chi connectivity index (χ1v) is 8.46. The van der Waals surface area contributed by atoms with E-state index in [4.69, 9.17) is 0 Å². The summed E-state index contributed by atoms with van der Waals surface area (Å²) < 4.78 is 0. The fourth-order valence-electron chi connectivity index (χ4n) is 2.53. The first-order chi connectivity index (χ1) is 10.6. The molecule has 0 aliphatic carbocycles. The Morgan fingerprint density at radius 2 is 1.77 bits per heavy atom. The highest BCUT2D eigenvalue weighted by atomic mass is 16.3. The van der Waals surface area contributed by atoms with Gasteiger partial charge in [-0.1, -0.05) is 52.0 Å². The van der Waals surface area contributed by atoms with E-state index >= 15 is 0 Å². The quantitative estimate of drug-likeness (QED) is 0.434. The Morgan fingerprint density at radius 1 is 1.09 bits per heavy atom. The molecule has 0 aromatic heterocycles. The van der Waals surface area contributed by atoms with Crippen LogP contribution in [-0.2, 0) is 11.2 Å². The molecule has 0 atom stereocenters. The number of anilines is 2. The minimum absolute atomic E-state index is 0.0559. The number of carbonyl (C=O) groups excluding carboxylic acids is 1. The molecule has 1 aromatic carbocycles. The molecular formula is C18H30N2O2. The summed E-state index contributed by atoms with van der Waals surface area (Å²) in [6, 6.07) is 3.78. The Labute approximate surface area is 134 Å². The van der Waals surface area contributed by atoms with Gasteiger partial charge in [0.15, 0.2) is 0 Å². The maximum absolute atomic E-state index is 11.5. The van der Waals surface area contributed by atoms with Crippen molar-refractivity contribution < 1.29 is 9.90 Å². The van der Waals surface area contributed by atoms with Gasteiger partial charge in [-0.2, -0.15) is 0 Å². The maximum Gasteiger partial charge on any atom is 0.224 e. The summed E-state index contributed by atoms with van der Waals surface area (Å²) in [6.07, 6.45) is 8.70. The lowest BCUT2D eigenvalue weighted by molar-refractivity contribution is -0.115. The van der Waals surface area contributed by atoms with E-state index in [0.29, 0.717) is 17.8 Å². The lowest BCUT2D eigenvalue weighted by Crippen LogP contribution is -2.11. The number of phenols is 1. The molecule has 1 aromatic rings. The van der Waals surface area contributed by atoms with Crippen molar-refractivity contribution in [1.82, 2.24) is 0 Å². The van der Waals surface area contributed by atoms with E-state index in [1.54, 1.807) is 14.0 Å². The maximum atomic E-state index is 11.5. The molecule has 3 N–H and O–H groups in total. The Morgan fingerprint density at radius 3 is 2.41 bits per heavy atom. The fraction of sp³-hybridized carbons (Fsp3) is 0.611. The number of hydrogen-bond acceptors (Lipinski definition) is 3. The minimum atomic E-state index is -0.0559. The predicted octanol–water partition coefficient (Wildman–Crippen LogP) is 4.69. The third-order valence-electron chi connectivity index (χ3n) is 3.91. The average Bonchev–Trinajstić information content (AvgIpc) is 2.52. The summed E-state index contributed by atoms with van der Waals surface area (Å²) in [4.78, 5) is 11.5. The Kier molecular flexibility index (Phi) is 8.41. The van der Waals surface area contributed by atoms with Gasteiger partial charge in [-0.3, -0.25) is 4.79 Å². The number of benzene rings is 1. The Hall–Kier alpha value is -1.71. The molecule has 0 bridgehead atoms. The molecule has 0 aliphatic heterocycles. The smallest absolute Gasteiger partial charge is 0.224 e. The van der Waals surface area contributed by atoms with E-state index in [0.717, 1.165) is 18.4 Å². The minimum Gasteiger partial charge on any atom is -0.505 e. The Balaban J connectivity index is 2.63. The fourth-order valence-corrected chi connectivity index (χ4v) is 2.53. The molecule has 0 saturated carbocycles. The summed E-state index contributed by atoms with van der Waals surface area (Å²) in [5.74, 6) is 0.199. The van der Waals surface area contributed by atoms with Crippen molar-refractivity contribution in [3.63, 3.8) is 0 Å². The van der Waals surface area contributed by atoms with Crippen LogP contribution in [0.15, 0.2) is 12.1 Å². The molecule has 4 heteroatoms. The van der Waals surface area contributed by atoms with E-state index < -0.39 is 0 Å². The van der Waals surface area contributed by atoms with E-state index in [1.807, 2.05) is 12.1 Å². The van der Waals surface area contributed by atoms with Gasteiger partial charge in [0.2, 0.25) is 5.91 Å². The zero-order valence-corrected chi connectivity index (χ0v) is 14.2. The predicted molar refractivity (Wildman–Crippen MR) is 93.7 cm³/mol. The molecule has 0 spiro atoms. The van der Waals surface area contributed by atoms with Gasteiger partial charge in [-0.25, -0.2) is 0 Å². The van der Waals surface area contributed by atoms with E-state index in [1.165, 1.54) is 32.1 Å². The van der Waals surface area contributed by atoms with Crippen LogP contribution in [0.1, 0.15) is 64.4 Å². The standard InChI is InChI=1S/C18H30N2O2/c1-4-6-7-8-9-10-11-14-12-13-15(20-16(21)5-2)17(19-3)18(14)22/h12-13,19,22H,4-11H2,1-3H3,(H,20,21). The number of carbonyl (C=O) groups is 1. The third kappa shape index (κ3) is 5.58. The van der Waals surface area contributed by atoms with Gasteiger partial charge in [0.1, 0.15) is 11.4 Å². The molecule has 124 valence electrons. The van der Waals surface area contributed by atoms with Gasteiger partial charge in [-0.15, -0.1) is 0 Å². The molecule has 0 heterocycles. The highest BCUT2D eigenvalue weighted by Gasteiger charge is 2.12. The number of phenolic OH excluding ortho intramolecular Hbond substituents is 1. The van der Waals surface area contributed by atoms with Crippen molar-refractivity contribution in [2.75, 3.05) is 17.7 Å². The molecule has 0 saturated heterocycles. The van der Waals surface area contributed by atoms with Crippen LogP contribution in [0.25, 0.3) is 0 Å².